The molecule has 1 aromatic carbocycles. The molecule has 1 aliphatic heterocycles. The average molecular weight is 395 g/mol. The summed E-state index contributed by atoms with van der Waals surface area (Å²) < 4.78 is 10.0. The zero-order chi connectivity index (χ0) is 20.4. The molecule has 1 N–H and O–H groups in total. The third kappa shape index (κ3) is 3.63. The number of aryl methyl sites for hydroxylation is 1. The number of fused-ring (bicyclic) bond motifs is 1. The van der Waals surface area contributed by atoms with E-state index in [1.165, 1.54) is 13.4 Å². The molecule has 0 saturated carbocycles. The number of anilines is 2. The van der Waals surface area contributed by atoms with Crippen molar-refractivity contribution in [2.45, 2.75) is 19.8 Å². The molecular weight excluding hydrogens is 374 g/mol. The number of nitrogens with one attached hydrogen (secondary N) is 1. The maximum atomic E-state index is 12.9. The van der Waals surface area contributed by atoms with Crippen LogP contribution in [0.3, 0.4) is 0 Å². The summed E-state index contributed by atoms with van der Waals surface area (Å²) in [7, 11) is 1.31. The van der Waals surface area contributed by atoms with E-state index in [4.69, 9.17) is 9.26 Å². The standard InChI is InChI=1S/C20H21N5O4/c1-12-16-17(21-11-22-19(16)29-24-12)25-9-5-6-13(10-25)18(26)23-15-8-4-3-7-14(15)20(27)28-2/h3-4,7-8,11,13H,5-6,9-10H2,1-2H3,(H,23,26)/t13-/m1/s1. The lowest BCUT2D eigenvalue weighted by molar-refractivity contribution is -0.120. The second kappa shape index (κ2) is 7.86. The van der Waals surface area contributed by atoms with Crippen LogP contribution in [0.15, 0.2) is 35.1 Å². The van der Waals surface area contributed by atoms with E-state index in [0.29, 0.717) is 29.2 Å². The third-order valence-corrected chi connectivity index (χ3v) is 5.11. The molecule has 0 spiro atoms. The molecule has 3 heterocycles. The van der Waals surface area contributed by atoms with Crippen LogP contribution in [0, 0.1) is 12.8 Å². The minimum atomic E-state index is -0.488. The molecule has 1 saturated heterocycles. The molecule has 1 aliphatic rings. The molecule has 1 atom stereocenters. The molecule has 0 aliphatic carbocycles. The fraction of sp³-hybridized carbons (Fsp3) is 0.350. The number of para-hydroxylation sites is 1. The van der Waals surface area contributed by atoms with Crippen molar-refractivity contribution in [3.8, 4) is 0 Å². The second-order valence-electron chi connectivity index (χ2n) is 6.96. The van der Waals surface area contributed by atoms with Gasteiger partial charge < -0.3 is 19.5 Å². The molecule has 0 unspecified atom stereocenters. The number of rotatable bonds is 4. The molecule has 29 heavy (non-hydrogen) atoms. The molecule has 1 amide bonds. The lowest BCUT2D eigenvalue weighted by Gasteiger charge is -2.33. The van der Waals surface area contributed by atoms with Crippen molar-refractivity contribution >= 4 is 34.5 Å². The maximum absolute atomic E-state index is 12.9. The summed E-state index contributed by atoms with van der Waals surface area (Å²) in [5, 5.41) is 7.62. The Morgan fingerprint density at radius 3 is 2.93 bits per heavy atom. The average Bonchev–Trinajstić information content (AvgIpc) is 3.15. The van der Waals surface area contributed by atoms with E-state index in [1.54, 1.807) is 24.3 Å². The molecule has 3 aromatic rings. The second-order valence-corrected chi connectivity index (χ2v) is 6.96. The van der Waals surface area contributed by atoms with Gasteiger partial charge in [0.05, 0.1) is 30.0 Å². The van der Waals surface area contributed by atoms with E-state index in [2.05, 4.69) is 25.3 Å². The van der Waals surface area contributed by atoms with Crippen LogP contribution in [-0.2, 0) is 9.53 Å². The van der Waals surface area contributed by atoms with Crippen LogP contribution < -0.4 is 10.2 Å². The van der Waals surface area contributed by atoms with E-state index in [9.17, 15) is 9.59 Å². The molecule has 9 heteroatoms. The number of benzene rings is 1. The first kappa shape index (κ1) is 18.9. The van der Waals surface area contributed by atoms with E-state index in [-0.39, 0.29) is 11.8 Å². The van der Waals surface area contributed by atoms with Crippen molar-refractivity contribution in [3.63, 3.8) is 0 Å². The minimum absolute atomic E-state index is 0.140. The molecule has 9 nitrogen and oxygen atoms in total. The lowest BCUT2D eigenvalue weighted by Crippen LogP contribution is -2.41. The van der Waals surface area contributed by atoms with Gasteiger partial charge in [-0.15, -0.1) is 0 Å². The Balaban J connectivity index is 1.54. The van der Waals surface area contributed by atoms with E-state index in [0.717, 1.165) is 30.6 Å². The number of piperidine rings is 1. The van der Waals surface area contributed by atoms with Crippen LogP contribution in [0.5, 0.6) is 0 Å². The number of carbonyl (C=O) groups excluding carboxylic acids is 2. The number of amides is 1. The topological polar surface area (TPSA) is 110 Å². The maximum Gasteiger partial charge on any atom is 0.339 e. The van der Waals surface area contributed by atoms with Crippen LogP contribution in [0.25, 0.3) is 11.1 Å². The van der Waals surface area contributed by atoms with E-state index >= 15 is 0 Å². The highest BCUT2D eigenvalue weighted by Crippen LogP contribution is 2.30. The molecule has 0 bridgehead atoms. The molecule has 2 aromatic heterocycles. The van der Waals surface area contributed by atoms with Gasteiger partial charge in [0.15, 0.2) is 0 Å². The number of aromatic nitrogens is 3. The summed E-state index contributed by atoms with van der Waals surface area (Å²) in [5.41, 5.74) is 1.93. The third-order valence-electron chi connectivity index (χ3n) is 5.11. The molecule has 0 radical (unpaired) electrons. The summed E-state index contributed by atoms with van der Waals surface area (Å²) in [6.45, 7) is 3.12. The number of esters is 1. The van der Waals surface area contributed by atoms with Crippen LogP contribution in [0.4, 0.5) is 11.5 Å². The molecular formula is C20H21N5O4. The highest BCUT2D eigenvalue weighted by Gasteiger charge is 2.29. The fourth-order valence-corrected chi connectivity index (χ4v) is 3.64. The van der Waals surface area contributed by atoms with Crippen molar-refractivity contribution in [2.75, 3.05) is 30.4 Å². The van der Waals surface area contributed by atoms with Gasteiger partial charge in [0, 0.05) is 13.1 Å². The Hall–Kier alpha value is -3.49. The predicted molar refractivity (Wildman–Crippen MR) is 106 cm³/mol. The Bertz CT molecular complexity index is 1060. The van der Waals surface area contributed by atoms with Gasteiger partial charge in [-0.25, -0.2) is 9.78 Å². The van der Waals surface area contributed by atoms with Crippen LogP contribution >= 0.6 is 0 Å². The number of hydrogen-bond acceptors (Lipinski definition) is 8. The van der Waals surface area contributed by atoms with Gasteiger partial charge in [0.2, 0.25) is 5.91 Å². The summed E-state index contributed by atoms with van der Waals surface area (Å²) in [5.74, 6) is -0.156. The Kier molecular flexibility index (Phi) is 5.11. The van der Waals surface area contributed by atoms with E-state index in [1.807, 2.05) is 6.92 Å². The summed E-state index contributed by atoms with van der Waals surface area (Å²) in [4.78, 5) is 35.5. The summed E-state index contributed by atoms with van der Waals surface area (Å²) >= 11 is 0. The quantitative estimate of drug-likeness (QED) is 0.671. The SMILES string of the molecule is COC(=O)c1ccccc1NC(=O)[C@@H]1CCCN(c2ncnc3onc(C)c23)C1. The highest BCUT2D eigenvalue weighted by molar-refractivity contribution is 6.02. The number of carbonyl (C=O) groups is 2. The fourth-order valence-electron chi connectivity index (χ4n) is 3.64. The van der Waals surface area contributed by atoms with Gasteiger partial charge in [0.25, 0.3) is 5.71 Å². The van der Waals surface area contributed by atoms with Gasteiger partial charge in [-0.3, -0.25) is 4.79 Å². The zero-order valence-electron chi connectivity index (χ0n) is 16.2. The number of hydrogen-bond donors (Lipinski definition) is 1. The molecule has 150 valence electrons. The van der Waals surface area contributed by atoms with E-state index < -0.39 is 5.97 Å². The van der Waals surface area contributed by atoms with Crippen molar-refractivity contribution in [3.05, 3.63) is 41.9 Å². The van der Waals surface area contributed by atoms with Crippen molar-refractivity contribution in [1.29, 1.82) is 0 Å². The van der Waals surface area contributed by atoms with Gasteiger partial charge in [-0.1, -0.05) is 17.3 Å². The van der Waals surface area contributed by atoms with Gasteiger partial charge in [-0.2, -0.15) is 4.98 Å². The Labute approximate surface area is 167 Å². The normalized spacial score (nSPS) is 16.6. The first-order valence-corrected chi connectivity index (χ1v) is 9.38. The first-order chi connectivity index (χ1) is 14.1. The molecule has 4 rings (SSSR count). The first-order valence-electron chi connectivity index (χ1n) is 9.38. The molecule has 1 fully saturated rings. The zero-order valence-corrected chi connectivity index (χ0v) is 16.2. The number of methoxy groups -OCH3 is 1. The van der Waals surface area contributed by atoms with Crippen molar-refractivity contribution in [1.82, 2.24) is 15.1 Å². The Morgan fingerprint density at radius 1 is 1.28 bits per heavy atom. The monoisotopic (exact) mass is 395 g/mol. The summed E-state index contributed by atoms with van der Waals surface area (Å²) in [6, 6.07) is 6.81. The largest absolute Gasteiger partial charge is 0.465 e. The van der Waals surface area contributed by atoms with Crippen LogP contribution in [0.2, 0.25) is 0 Å². The lowest BCUT2D eigenvalue weighted by atomic mass is 9.96. The van der Waals surface area contributed by atoms with Crippen LogP contribution in [0.1, 0.15) is 28.9 Å². The van der Waals surface area contributed by atoms with Gasteiger partial charge in [-0.05, 0) is 31.9 Å². The Morgan fingerprint density at radius 2 is 2.10 bits per heavy atom. The predicted octanol–water partition coefficient (Wildman–Crippen LogP) is 2.57. The van der Waals surface area contributed by atoms with Crippen LogP contribution in [-0.4, -0.2) is 47.2 Å². The van der Waals surface area contributed by atoms with Gasteiger partial charge >= 0.3 is 5.97 Å². The minimum Gasteiger partial charge on any atom is -0.465 e. The highest BCUT2D eigenvalue weighted by atomic mass is 16.5. The van der Waals surface area contributed by atoms with Gasteiger partial charge in [0.1, 0.15) is 17.5 Å². The van der Waals surface area contributed by atoms with Crippen molar-refractivity contribution < 1.29 is 18.8 Å². The number of nitrogens with zero attached hydrogens (tertiary/aromatic N) is 4. The summed E-state index contributed by atoms with van der Waals surface area (Å²) in [6.07, 6.45) is 3.03. The van der Waals surface area contributed by atoms with Crippen molar-refractivity contribution in [2.24, 2.45) is 5.92 Å². The number of ether oxygens (including phenoxy) is 1. The smallest absolute Gasteiger partial charge is 0.339 e.